The van der Waals surface area contributed by atoms with Crippen molar-refractivity contribution >= 4 is 21.6 Å². The van der Waals surface area contributed by atoms with Crippen molar-refractivity contribution in [2.45, 2.75) is 6.42 Å². The zero-order valence-electron chi connectivity index (χ0n) is 9.41. The second-order valence-electron chi connectivity index (χ2n) is 4.22. The summed E-state index contributed by atoms with van der Waals surface area (Å²) in [6.07, 6.45) is 1.33. The molecule has 1 aliphatic heterocycles. The maximum atomic E-state index is 13.4. The highest BCUT2D eigenvalue weighted by molar-refractivity contribution is 7.89. The molecule has 1 aromatic rings. The first kappa shape index (κ1) is 12.9. The van der Waals surface area contributed by atoms with E-state index in [4.69, 9.17) is 5.14 Å². The van der Waals surface area contributed by atoms with E-state index >= 15 is 0 Å². The fraction of sp³-hybridized carbons (Fsp3) is 0.400. The second kappa shape index (κ2) is 4.62. The molecule has 0 bridgehead atoms. The third-order valence-electron chi connectivity index (χ3n) is 2.70. The Morgan fingerprint density at radius 1 is 1.56 bits per heavy atom. The number of carbonyl (C=O) groups excluding carboxylic acids is 1. The van der Waals surface area contributed by atoms with E-state index in [1.807, 2.05) is 0 Å². The Hall–Kier alpha value is -1.54. The van der Waals surface area contributed by atoms with E-state index in [9.17, 15) is 17.6 Å². The van der Waals surface area contributed by atoms with Gasteiger partial charge in [0.1, 0.15) is 0 Å². The number of aromatic nitrogens is 1. The average Bonchev–Trinajstić information content (AvgIpc) is 2.57. The van der Waals surface area contributed by atoms with Crippen LogP contribution < -0.4 is 10.0 Å². The molecular weight excluding hydrogens is 261 g/mol. The highest BCUT2D eigenvalue weighted by Crippen LogP contribution is 2.26. The number of nitrogens with zero attached hydrogens (tertiary/aromatic N) is 2. The molecule has 1 aliphatic rings. The molecule has 18 heavy (non-hydrogen) atoms. The summed E-state index contributed by atoms with van der Waals surface area (Å²) in [5.41, 5.74) is 0.0689. The van der Waals surface area contributed by atoms with Crippen molar-refractivity contribution in [2.24, 2.45) is 11.1 Å². The molecule has 1 saturated heterocycles. The monoisotopic (exact) mass is 273 g/mol. The molecule has 0 aliphatic carbocycles. The largest absolute Gasteiger partial charge is 0.308 e. The number of anilines is 1. The molecule has 1 amide bonds. The van der Waals surface area contributed by atoms with Crippen LogP contribution in [0.3, 0.4) is 0 Å². The molecule has 2 heterocycles. The summed E-state index contributed by atoms with van der Waals surface area (Å²) in [5.74, 6) is -1.76. The first-order chi connectivity index (χ1) is 8.37. The van der Waals surface area contributed by atoms with E-state index in [0.29, 0.717) is 0 Å². The number of hydrogen-bond acceptors (Lipinski definition) is 4. The van der Waals surface area contributed by atoms with Gasteiger partial charge < -0.3 is 4.90 Å². The zero-order valence-corrected chi connectivity index (χ0v) is 10.2. The summed E-state index contributed by atoms with van der Waals surface area (Å²) >= 11 is 0. The van der Waals surface area contributed by atoms with E-state index < -0.39 is 21.9 Å². The van der Waals surface area contributed by atoms with E-state index in [2.05, 4.69) is 4.98 Å². The maximum absolute atomic E-state index is 13.4. The highest BCUT2D eigenvalue weighted by atomic mass is 32.2. The van der Waals surface area contributed by atoms with Gasteiger partial charge in [0, 0.05) is 25.1 Å². The zero-order chi connectivity index (χ0) is 13.3. The Bertz CT molecular complexity index is 575. The van der Waals surface area contributed by atoms with Gasteiger partial charge in [0.05, 0.1) is 11.4 Å². The van der Waals surface area contributed by atoms with Crippen molar-refractivity contribution < 1.29 is 17.6 Å². The molecule has 98 valence electrons. The number of amides is 1. The fourth-order valence-corrected chi connectivity index (χ4v) is 2.91. The molecular formula is C10H12FN3O3S. The first-order valence-electron chi connectivity index (χ1n) is 5.28. The average molecular weight is 273 g/mol. The number of nitrogens with two attached hydrogens (primary N) is 1. The number of halogens is 1. The normalized spacial score (nSPS) is 20.4. The summed E-state index contributed by atoms with van der Waals surface area (Å²) in [6, 6.07) is 2.94. The van der Waals surface area contributed by atoms with Crippen LogP contribution >= 0.6 is 0 Å². The fourth-order valence-electron chi connectivity index (χ4n) is 2.03. The topological polar surface area (TPSA) is 93.4 Å². The van der Waals surface area contributed by atoms with Crippen LogP contribution in [0.2, 0.25) is 0 Å². The summed E-state index contributed by atoms with van der Waals surface area (Å²) in [4.78, 5) is 16.4. The Morgan fingerprint density at radius 2 is 2.28 bits per heavy atom. The second-order valence-corrected chi connectivity index (χ2v) is 5.88. The number of primary sulfonamides is 1. The van der Waals surface area contributed by atoms with Gasteiger partial charge in [-0.2, -0.15) is 4.39 Å². The van der Waals surface area contributed by atoms with Gasteiger partial charge in [-0.1, -0.05) is 0 Å². The number of rotatable bonds is 3. The van der Waals surface area contributed by atoms with Crippen molar-refractivity contribution in [1.29, 1.82) is 0 Å². The van der Waals surface area contributed by atoms with E-state index in [1.54, 1.807) is 0 Å². The van der Waals surface area contributed by atoms with Gasteiger partial charge in [-0.3, -0.25) is 4.79 Å². The van der Waals surface area contributed by atoms with Crippen LogP contribution in [0, 0.1) is 11.9 Å². The molecule has 0 spiro atoms. The lowest BCUT2D eigenvalue weighted by molar-refractivity contribution is -0.117. The van der Waals surface area contributed by atoms with Crippen LogP contribution in [-0.2, 0) is 14.8 Å². The number of hydrogen-bond donors (Lipinski definition) is 1. The molecule has 1 fully saturated rings. The molecule has 0 radical (unpaired) electrons. The molecule has 1 unspecified atom stereocenters. The van der Waals surface area contributed by atoms with Crippen molar-refractivity contribution in [3.05, 3.63) is 24.3 Å². The van der Waals surface area contributed by atoms with Crippen molar-refractivity contribution in [2.75, 3.05) is 17.2 Å². The molecule has 2 rings (SSSR count). The van der Waals surface area contributed by atoms with Crippen molar-refractivity contribution in [1.82, 2.24) is 4.98 Å². The van der Waals surface area contributed by atoms with Crippen LogP contribution in [0.4, 0.5) is 10.1 Å². The van der Waals surface area contributed by atoms with E-state index in [1.165, 1.54) is 23.2 Å². The lowest BCUT2D eigenvalue weighted by Gasteiger charge is -2.16. The molecule has 2 N–H and O–H groups in total. The van der Waals surface area contributed by atoms with Crippen LogP contribution in [0.15, 0.2) is 18.3 Å². The Labute approximate surface area is 104 Å². The van der Waals surface area contributed by atoms with E-state index in [-0.39, 0.29) is 30.3 Å². The SMILES string of the molecule is NS(=O)(=O)CC1CC(=O)N(c2cccnc2F)C1. The maximum Gasteiger partial charge on any atom is 0.236 e. The Morgan fingerprint density at radius 3 is 2.89 bits per heavy atom. The standard InChI is InChI=1S/C10H12FN3O3S/c11-10-8(2-1-3-13-10)14-5-7(4-9(14)15)6-18(12,16)17/h1-3,7H,4-6H2,(H2,12,16,17). The molecule has 8 heteroatoms. The van der Waals surface area contributed by atoms with Gasteiger partial charge in [0.15, 0.2) is 0 Å². The van der Waals surface area contributed by atoms with Crippen LogP contribution in [0.25, 0.3) is 0 Å². The quantitative estimate of drug-likeness (QED) is 0.776. The van der Waals surface area contributed by atoms with Gasteiger partial charge in [-0.15, -0.1) is 0 Å². The lowest BCUT2D eigenvalue weighted by atomic mass is 10.1. The van der Waals surface area contributed by atoms with Crippen LogP contribution in [-0.4, -0.2) is 31.6 Å². The minimum absolute atomic E-state index is 0.0464. The van der Waals surface area contributed by atoms with Crippen LogP contribution in [0.1, 0.15) is 6.42 Å². The van der Waals surface area contributed by atoms with Crippen molar-refractivity contribution in [3.8, 4) is 0 Å². The lowest BCUT2D eigenvalue weighted by Crippen LogP contribution is -2.28. The minimum atomic E-state index is -3.63. The van der Waals surface area contributed by atoms with Gasteiger partial charge >= 0.3 is 0 Å². The van der Waals surface area contributed by atoms with Gasteiger partial charge in [0.2, 0.25) is 21.9 Å². The van der Waals surface area contributed by atoms with Gasteiger partial charge in [-0.05, 0) is 12.1 Å². The Kier molecular flexibility index (Phi) is 3.31. The first-order valence-corrected chi connectivity index (χ1v) is 7.00. The third-order valence-corrected chi connectivity index (χ3v) is 3.64. The van der Waals surface area contributed by atoms with Crippen LogP contribution in [0.5, 0.6) is 0 Å². The summed E-state index contributed by atoms with van der Waals surface area (Å²) in [7, 11) is -3.63. The molecule has 6 nitrogen and oxygen atoms in total. The smallest absolute Gasteiger partial charge is 0.236 e. The Balaban J connectivity index is 2.18. The summed E-state index contributed by atoms with van der Waals surface area (Å²) < 4.78 is 35.4. The predicted molar refractivity (Wildman–Crippen MR) is 62.6 cm³/mol. The van der Waals surface area contributed by atoms with E-state index in [0.717, 1.165) is 0 Å². The molecule has 0 aromatic carbocycles. The molecule has 1 aromatic heterocycles. The van der Waals surface area contributed by atoms with Gasteiger partial charge in [-0.25, -0.2) is 18.5 Å². The highest BCUT2D eigenvalue weighted by Gasteiger charge is 2.34. The molecule has 1 atom stereocenters. The third kappa shape index (κ3) is 2.82. The number of pyridine rings is 1. The number of carbonyl (C=O) groups is 1. The van der Waals surface area contributed by atoms with Crippen molar-refractivity contribution in [3.63, 3.8) is 0 Å². The molecule has 0 saturated carbocycles. The minimum Gasteiger partial charge on any atom is -0.308 e. The number of sulfonamides is 1. The predicted octanol–water partition coefficient (Wildman–Crippen LogP) is -0.138. The van der Waals surface area contributed by atoms with Gasteiger partial charge in [0.25, 0.3) is 0 Å². The summed E-state index contributed by atoms with van der Waals surface area (Å²) in [5, 5.41) is 4.93. The summed E-state index contributed by atoms with van der Waals surface area (Å²) in [6.45, 7) is 0.137.